The Bertz CT molecular complexity index is 232. The molecule has 0 bridgehead atoms. The van der Waals surface area contributed by atoms with Crippen molar-refractivity contribution >= 4 is 0 Å². The zero-order valence-corrected chi connectivity index (χ0v) is 11.4. The number of hydrogen-bond donors (Lipinski definition) is 0. The van der Waals surface area contributed by atoms with E-state index in [1.54, 1.807) is 5.57 Å². The summed E-state index contributed by atoms with van der Waals surface area (Å²) in [6.07, 6.45) is 11.4. The molecular weight excluding hydrogens is 192 g/mol. The van der Waals surface area contributed by atoms with Gasteiger partial charge in [-0.15, -0.1) is 6.58 Å². The highest BCUT2D eigenvalue weighted by molar-refractivity contribution is 5.14. The summed E-state index contributed by atoms with van der Waals surface area (Å²) in [6.45, 7) is 14.7. The van der Waals surface area contributed by atoms with Crippen molar-refractivity contribution in [2.45, 2.75) is 59.3 Å². The average Bonchev–Trinajstić information content (AvgIpc) is 2.26. The third-order valence-electron chi connectivity index (χ3n) is 2.96. The smallest absolute Gasteiger partial charge is 0.0111 e. The van der Waals surface area contributed by atoms with Crippen molar-refractivity contribution in [3.63, 3.8) is 0 Å². The van der Waals surface area contributed by atoms with Gasteiger partial charge in [-0.25, -0.2) is 0 Å². The van der Waals surface area contributed by atoms with Crippen LogP contribution >= 0.6 is 0 Å². The first kappa shape index (κ1) is 15.2. The molecule has 0 aromatic heterocycles. The predicted molar refractivity (Wildman–Crippen MR) is 75.6 cm³/mol. The van der Waals surface area contributed by atoms with E-state index >= 15 is 0 Å². The summed E-state index contributed by atoms with van der Waals surface area (Å²) in [7, 11) is 0. The van der Waals surface area contributed by atoms with Gasteiger partial charge < -0.3 is 0 Å². The minimum absolute atomic E-state index is 0.632. The molecule has 0 heterocycles. The molecule has 0 nitrogen and oxygen atoms in total. The fourth-order valence-corrected chi connectivity index (χ4v) is 2.01. The van der Waals surface area contributed by atoms with Crippen LogP contribution in [-0.4, -0.2) is 0 Å². The van der Waals surface area contributed by atoms with Gasteiger partial charge in [0.1, 0.15) is 0 Å². The van der Waals surface area contributed by atoms with Gasteiger partial charge in [-0.3, -0.25) is 0 Å². The number of hydrogen-bond acceptors (Lipinski definition) is 0. The summed E-state index contributed by atoms with van der Waals surface area (Å²) in [5, 5.41) is 0. The van der Waals surface area contributed by atoms with E-state index in [-0.39, 0.29) is 0 Å². The van der Waals surface area contributed by atoms with Crippen LogP contribution in [0.5, 0.6) is 0 Å². The monoisotopic (exact) mass is 220 g/mol. The molecule has 0 N–H and O–H groups in total. The first-order chi connectivity index (χ1) is 7.67. The second kappa shape index (κ2) is 9.45. The van der Waals surface area contributed by atoms with Crippen molar-refractivity contribution in [3.05, 3.63) is 36.5 Å². The summed E-state index contributed by atoms with van der Waals surface area (Å²) in [5.41, 5.74) is 2.92. The average molecular weight is 220 g/mol. The molecule has 1 unspecified atom stereocenters. The molecule has 0 aliphatic carbocycles. The second-order valence-electron chi connectivity index (χ2n) is 4.56. The van der Waals surface area contributed by atoms with Gasteiger partial charge in [0.15, 0.2) is 0 Å². The maximum Gasteiger partial charge on any atom is -0.0111 e. The standard InChI is InChI=1S/C16H28/c1-6-10-14(5)12-16(11-7-2)13-15(8-3)9-4/h8,11,15H,3,5-7,9-10,12-13H2,1-2,4H3. The molecule has 0 aromatic carbocycles. The Morgan fingerprint density at radius 2 is 1.94 bits per heavy atom. The normalized spacial score (nSPS) is 13.6. The maximum atomic E-state index is 4.16. The van der Waals surface area contributed by atoms with Crippen LogP contribution in [0.25, 0.3) is 0 Å². The molecular formula is C16H28. The van der Waals surface area contributed by atoms with Gasteiger partial charge in [-0.2, -0.15) is 0 Å². The minimum atomic E-state index is 0.632. The maximum absolute atomic E-state index is 4.16. The molecule has 1 atom stereocenters. The van der Waals surface area contributed by atoms with Crippen LogP contribution in [0.2, 0.25) is 0 Å². The zero-order chi connectivity index (χ0) is 12.4. The molecule has 0 fully saturated rings. The predicted octanol–water partition coefficient (Wildman–Crippen LogP) is 5.67. The third-order valence-corrected chi connectivity index (χ3v) is 2.96. The molecule has 0 aliphatic rings. The molecule has 0 aliphatic heterocycles. The van der Waals surface area contributed by atoms with Crippen LogP contribution in [0.15, 0.2) is 36.5 Å². The Labute approximate surface area is 102 Å². The third kappa shape index (κ3) is 6.66. The van der Waals surface area contributed by atoms with E-state index in [4.69, 9.17) is 0 Å². The van der Waals surface area contributed by atoms with Gasteiger partial charge in [0.2, 0.25) is 0 Å². The SMILES string of the molecule is C=CC(CC)CC(=CCC)CC(=C)CCC. The lowest BCUT2D eigenvalue weighted by Crippen LogP contribution is -1.98. The highest BCUT2D eigenvalue weighted by Gasteiger charge is 2.06. The van der Waals surface area contributed by atoms with Gasteiger partial charge in [0.25, 0.3) is 0 Å². The van der Waals surface area contributed by atoms with E-state index in [1.807, 2.05) is 0 Å². The Balaban J connectivity index is 4.33. The van der Waals surface area contributed by atoms with Gasteiger partial charge in [-0.05, 0) is 38.0 Å². The van der Waals surface area contributed by atoms with Crippen LogP contribution < -0.4 is 0 Å². The molecule has 0 aromatic rings. The Morgan fingerprint density at radius 1 is 1.25 bits per heavy atom. The molecule has 92 valence electrons. The van der Waals surface area contributed by atoms with E-state index in [9.17, 15) is 0 Å². The zero-order valence-electron chi connectivity index (χ0n) is 11.4. The lowest BCUT2D eigenvalue weighted by Gasteiger charge is -2.14. The first-order valence-electron chi connectivity index (χ1n) is 6.64. The first-order valence-corrected chi connectivity index (χ1v) is 6.64. The summed E-state index contributed by atoms with van der Waals surface area (Å²) >= 11 is 0. The fraction of sp³-hybridized carbons (Fsp3) is 0.625. The Kier molecular flexibility index (Phi) is 8.99. The van der Waals surface area contributed by atoms with Gasteiger partial charge >= 0.3 is 0 Å². The summed E-state index contributed by atoms with van der Waals surface area (Å²) in [4.78, 5) is 0. The lowest BCUT2D eigenvalue weighted by atomic mass is 9.91. The molecule has 0 amide bonds. The summed E-state index contributed by atoms with van der Waals surface area (Å²) in [5.74, 6) is 0.632. The molecule has 0 radical (unpaired) electrons. The lowest BCUT2D eigenvalue weighted by molar-refractivity contribution is 0.610. The summed E-state index contributed by atoms with van der Waals surface area (Å²) < 4.78 is 0. The van der Waals surface area contributed by atoms with Crippen LogP contribution in [-0.2, 0) is 0 Å². The van der Waals surface area contributed by atoms with Gasteiger partial charge in [-0.1, -0.05) is 57.1 Å². The molecule has 0 heteroatoms. The van der Waals surface area contributed by atoms with Crippen LogP contribution in [0.4, 0.5) is 0 Å². The highest BCUT2D eigenvalue weighted by Crippen LogP contribution is 2.23. The van der Waals surface area contributed by atoms with E-state index in [0.717, 1.165) is 25.7 Å². The second-order valence-corrected chi connectivity index (χ2v) is 4.56. The largest absolute Gasteiger partial charge is 0.103 e. The summed E-state index contributed by atoms with van der Waals surface area (Å²) in [6, 6.07) is 0. The molecule has 0 spiro atoms. The van der Waals surface area contributed by atoms with E-state index in [2.05, 4.69) is 46.1 Å². The molecule has 16 heavy (non-hydrogen) atoms. The molecule has 0 saturated heterocycles. The number of rotatable bonds is 9. The molecule has 0 rings (SSSR count). The van der Waals surface area contributed by atoms with Crippen LogP contribution in [0, 0.1) is 5.92 Å². The van der Waals surface area contributed by atoms with Gasteiger partial charge in [0, 0.05) is 0 Å². The Hall–Kier alpha value is -0.780. The van der Waals surface area contributed by atoms with Crippen LogP contribution in [0.1, 0.15) is 59.3 Å². The van der Waals surface area contributed by atoms with Crippen molar-refractivity contribution in [1.29, 1.82) is 0 Å². The minimum Gasteiger partial charge on any atom is -0.103 e. The van der Waals surface area contributed by atoms with E-state index in [1.165, 1.54) is 18.4 Å². The van der Waals surface area contributed by atoms with Crippen LogP contribution in [0.3, 0.4) is 0 Å². The van der Waals surface area contributed by atoms with Gasteiger partial charge in [0.05, 0.1) is 0 Å². The topological polar surface area (TPSA) is 0 Å². The molecule has 0 saturated carbocycles. The van der Waals surface area contributed by atoms with E-state index in [0.29, 0.717) is 5.92 Å². The fourth-order valence-electron chi connectivity index (χ4n) is 2.01. The van der Waals surface area contributed by atoms with E-state index < -0.39 is 0 Å². The Morgan fingerprint density at radius 3 is 2.38 bits per heavy atom. The van der Waals surface area contributed by atoms with Crippen molar-refractivity contribution in [1.82, 2.24) is 0 Å². The highest BCUT2D eigenvalue weighted by atomic mass is 14.1. The quantitative estimate of drug-likeness (QED) is 0.439. The van der Waals surface area contributed by atoms with Crippen molar-refractivity contribution in [2.24, 2.45) is 5.92 Å². The van der Waals surface area contributed by atoms with Crippen molar-refractivity contribution in [2.75, 3.05) is 0 Å². The van der Waals surface area contributed by atoms with Crippen molar-refractivity contribution in [3.8, 4) is 0 Å². The number of allylic oxidation sites excluding steroid dienone is 4. The van der Waals surface area contributed by atoms with Crippen molar-refractivity contribution < 1.29 is 0 Å².